The molecule has 1 aliphatic carbocycles. The van der Waals surface area contributed by atoms with Crippen molar-refractivity contribution in [3.05, 3.63) is 57.9 Å². The zero-order chi connectivity index (χ0) is 23.3. The molecule has 0 saturated heterocycles. The van der Waals surface area contributed by atoms with Gasteiger partial charge in [-0.3, -0.25) is 10.2 Å². The third-order valence-corrected chi connectivity index (χ3v) is 7.73. The van der Waals surface area contributed by atoms with Gasteiger partial charge < -0.3 is 4.57 Å². The van der Waals surface area contributed by atoms with Crippen molar-refractivity contribution in [1.82, 2.24) is 9.58 Å². The lowest BCUT2D eigenvalue weighted by molar-refractivity contribution is -0.114. The molecule has 1 amide bonds. The Hall–Kier alpha value is -2.93. The number of carbonyl (C=O) groups is 1. The van der Waals surface area contributed by atoms with Gasteiger partial charge in [0.05, 0.1) is 5.57 Å². The molecule has 0 bridgehead atoms. The Morgan fingerprint density at radius 3 is 2.42 bits per heavy atom. The molecule has 5 rings (SSSR count). The molecule has 0 atom stereocenters. The molecule has 1 aromatic carbocycles. The number of aryl methyl sites for hydroxylation is 3. The Labute approximate surface area is 199 Å². The van der Waals surface area contributed by atoms with Gasteiger partial charge in [-0.15, -0.1) is 0 Å². The lowest BCUT2D eigenvalue weighted by Gasteiger charge is -2.20. The van der Waals surface area contributed by atoms with E-state index in [2.05, 4.69) is 54.6 Å². The molecule has 33 heavy (non-hydrogen) atoms. The van der Waals surface area contributed by atoms with Gasteiger partial charge in [-0.2, -0.15) is 15.1 Å². The lowest BCUT2D eigenvalue weighted by atomic mass is 9.90. The van der Waals surface area contributed by atoms with E-state index < -0.39 is 0 Å². The molecule has 1 N–H and O–H groups in total. The number of carbonyl (C=O) groups excluding carboxylic acids is 1. The summed E-state index contributed by atoms with van der Waals surface area (Å²) in [5.41, 5.74) is 6.84. The summed E-state index contributed by atoms with van der Waals surface area (Å²) in [7, 11) is 0. The molecule has 1 fully saturated rings. The maximum atomic E-state index is 12.9. The van der Waals surface area contributed by atoms with Crippen LogP contribution in [0.2, 0.25) is 0 Å². The largest absolute Gasteiger partial charge is 0.318 e. The van der Waals surface area contributed by atoms with E-state index in [-0.39, 0.29) is 17.3 Å². The fraction of sp³-hybridized carbons (Fsp3) is 0.385. The van der Waals surface area contributed by atoms with E-state index in [9.17, 15) is 4.79 Å². The number of nitrogens with zero attached hydrogens (tertiary/aromatic N) is 4. The van der Waals surface area contributed by atoms with Gasteiger partial charge in [-0.1, -0.05) is 25.3 Å². The molecule has 3 heterocycles. The van der Waals surface area contributed by atoms with Crippen LogP contribution >= 0.6 is 11.8 Å². The standard InChI is InChI=1S/C26H29N5OS/c1-15-10-16(2)12-21(11-15)30-17(3)13-20(18(30)4)14-22-23(27)31-26(28-24(22)32)33-25(29-31)19-8-6-5-7-9-19/h10-14,19,27H,5-9H2,1-4H3. The van der Waals surface area contributed by atoms with Crippen LogP contribution in [0.15, 0.2) is 39.9 Å². The van der Waals surface area contributed by atoms with Crippen LogP contribution in [0.25, 0.3) is 11.8 Å². The van der Waals surface area contributed by atoms with Gasteiger partial charge in [0.15, 0.2) is 5.84 Å². The van der Waals surface area contributed by atoms with Crippen LogP contribution in [-0.2, 0) is 4.79 Å². The first-order valence-corrected chi connectivity index (χ1v) is 12.4. The number of amides is 1. The maximum absolute atomic E-state index is 12.9. The Balaban J connectivity index is 1.49. The Bertz CT molecular complexity index is 1240. The summed E-state index contributed by atoms with van der Waals surface area (Å²) >= 11 is 1.46. The highest BCUT2D eigenvalue weighted by Gasteiger charge is 2.38. The van der Waals surface area contributed by atoms with Gasteiger partial charge >= 0.3 is 0 Å². The number of benzene rings is 1. The van der Waals surface area contributed by atoms with Gasteiger partial charge in [-0.05, 0) is 93.3 Å². The summed E-state index contributed by atoms with van der Waals surface area (Å²) in [5, 5.41) is 16.5. The van der Waals surface area contributed by atoms with Gasteiger partial charge in [0.25, 0.3) is 5.91 Å². The summed E-state index contributed by atoms with van der Waals surface area (Å²) in [6.45, 7) is 8.31. The first-order valence-electron chi connectivity index (χ1n) is 11.6. The van der Waals surface area contributed by atoms with E-state index in [1.807, 2.05) is 6.92 Å². The number of hydrogen-bond acceptors (Lipinski definition) is 4. The number of aliphatic imine (C=N–C) groups is 1. The Morgan fingerprint density at radius 1 is 1.03 bits per heavy atom. The van der Waals surface area contributed by atoms with Crippen LogP contribution in [0.1, 0.15) is 60.2 Å². The first-order chi connectivity index (χ1) is 15.8. The summed E-state index contributed by atoms with van der Waals surface area (Å²) < 4.78 is 2.20. The zero-order valence-electron chi connectivity index (χ0n) is 19.6. The van der Waals surface area contributed by atoms with Crippen molar-refractivity contribution < 1.29 is 4.79 Å². The summed E-state index contributed by atoms with van der Waals surface area (Å²) in [6.07, 6.45) is 7.76. The quantitative estimate of drug-likeness (QED) is 0.580. The van der Waals surface area contributed by atoms with Crippen molar-refractivity contribution in [1.29, 1.82) is 5.41 Å². The molecule has 0 spiro atoms. The van der Waals surface area contributed by atoms with Crippen LogP contribution in [0, 0.1) is 39.0 Å². The predicted octanol–water partition coefficient (Wildman–Crippen LogP) is 5.91. The number of amidine groups is 2. The second-order valence-corrected chi connectivity index (χ2v) is 10.3. The minimum absolute atomic E-state index is 0.111. The van der Waals surface area contributed by atoms with Crippen molar-refractivity contribution in [3.8, 4) is 5.69 Å². The first kappa shape index (κ1) is 21.9. The third kappa shape index (κ3) is 3.99. The van der Waals surface area contributed by atoms with E-state index in [1.54, 1.807) is 11.1 Å². The van der Waals surface area contributed by atoms with Crippen molar-refractivity contribution in [2.45, 2.75) is 59.8 Å². The predicted molar refractivity (Wildman–Crippen MR) is 136 cm³/mol. The summed E-state index contributed by atoms with van der Waals surface area (Å²) in [5.74, 6) is 0.165. The highest BCUT2D eigenvalue weighted by molar-refractivity contribution is 8.27. The molecule has 3 aliphatic rings. The minimum atomic E-state index is -0.366. The maximum Gasteiger partial charge on any atom is 0.283 e. The SMILES string of the molecule is Cc1cc(C)cc(-n2c(C)cc(C=C3C(=N)N4N=C(C5CCCCC5)SC4=NC3=O)c2C)c1. The van der Waals surface area contributed by atoms with Crippen molar-refractivity contribution in [2.24, 2.45) is 16.0 Å². The Kier molecular flexibility index (Phi) is 5.60. The molecule has 2 aliphatic heterocycles. The molecule has 0 radical (unpaired) electrons. The topological polar surface area (TPSA) is 73.8 Å². The Morgan fingerprint density at radius 2 is 1.73 bits per heavy atom. The number of fused-ring (bicyclic) bond motifs is 1. The van der Waals surface area contributed by atoms with E-state index in [4.69, 9.17) is 10.5 Å². The van der Waals surface area contributed by atoms with E-state index in [0.717, 1.165) is 40.5 Å². The van der Waals surface area contributed by atoms with Gasteiger partial charge in [-0.25, -0.2) is 0 Å². The van der Waals surface area contributed by atoms with E-state index >= 15 is 0 Å². The number of hydrazone groups is 1. The van der Waals surface area contributed by atoms with Gasteiger partial charge in [0, 0.05) is 23.0 Å². The van der Waals surface area contributed by atoms with E-state index in [0.29, 0.717) is 11.1 Å². The minimum Gasteiger partial charge on any atom is -0.318 e. The smallest absolute Gasteiger partial charge is 0.283 e. The number of nitrogens with one attached hydrogen (secondary N) is 1. The zero-order valence-corrected chi connectivity index (χ0v) is 20.4. The highest BCUT2D eigenvalue weighted by Crippen LogP contribution is 2.36. The van der Waals surface area contributed by atoms with E-state index in [1.165, 1.54) is 42.2 Å². The van der Waals surface area contributed by atoms with Crippen molar-refractivity contribution >= 4 is 39.8 Å². The van der Waals surface area contributed by atoms with Gasteiger partial charge in [0.2, 0.25) is 5.17 Å². The average Bonchev–Trinajstić information content (AvgIpc) is 3.31. The molecular weight excluding hydrogens is 430 g/mol. The molecule has 1 saturated carbocycles. The second kappa shape index (κ2) is 8.45. The molecule has 6 nitrogen and oxygen atoms in total. The number of thioether (sulfide) groups is 1. The summed E-state index contributed by atoms with van der Waals surface area (Å²) in [6, 6.07) is 8.55. The molecule has 1 aromatic heterocycles. The van der Waals surface area contributed by atoms with Crippen LogP contribution in [0.5, 0.6) is 0 Å². The second-order valence-electron chi connectivity index (χ2n) is 9.30. The molecule has 7 heteroatoms. The van der Waals surface area contributed by atoms with Gasteiger partial charge in [0.1, 0.15) is 5.04 Å². The highest BCUT2D eigenvalue weighted by atomic mass is 32.2. The molecule has 2 aromatic rings. The molecule has 170 valence electrons. The lowest BCUT2D eigenvalue weighted by Crippen LogP contribution is -2.35. The number of aromatic nitrogens is 1. The summed E-state index contributed by atoms with van der Waals surface area (Å²) in [4.78, 5) is 17.2. The van der Waals surface area contributed by atoms with Crippen LogP contribution in [0.4, 0.5) is 0 Å². The fourth-order valence-corrected chi connectivity index (χ4v) is 6.15. The van der Waals surface area contributed by atoms with Crippen LogP contribution in [-0.4, -0.2) is 31.5 Å². The number of hydrogen-bond donors (Lipinski definition) is 1. The number of rotatable bonds is 3. The monoisotopic (exact) mass is 459 g/mol. The third-order valence-electron chi connectivity index (χ3n) is 6.66. The van der Waals surface area contributed by atoms with Crippen molar-refractivity contribution in [3.63, 3.8) is 0 Å². The van der Waals surface area contributed by atoms with Crippen LogP contribution < -0.4 is 0 Å². The fourth-order valence-electron chi connectivity index (χ4n) is 5.09. The molecular formula is C26H29N5OS. The normalized spacial score (nSPS) is 20.4. The average molecular weight is 460 g/mol. The molecule has 0 unspecified atom stereocenters. The van der Waals surface area contributed by atoms with Crippen LogP contribution in [0.3, 0.4) is 0 Å². The van der Waals surface area contributed by atoms with Crippen molar-refractivity contribution in [2.75, 3.05) is 0 Å².